The van der Waals surface area contributed by atoms with Gasteiger partial charge in [-0.15, -0.1) is 5.10 Å². The number of aldehydes is 1. The lowest BCUT2D eigenvalue weighted by Crippen LogP contribution is -2.61. The normalized spacial score (nSPS) is 20.6. The minimum Gasteiger partial charge on any atom is -0.402 e. The number of aromatic nitrogens is 4. The van der Waals surface area contributed by atoms with Gasteiger partial charge in [0.05, 0.1) is 6.20 Å². The van der Waals surface area contributed by atoms with Crippen molar-refractivity contribution in [1.82, 2.24) is 30.0 Å². The number of carbonyl (C=O) groups is 1. The van der Waals surface area contributed by atoms with Gasteiger partial charge in [0, 0.05) is 48.3 Å². The molecular formula is C28H38Cl2N8O2. The Labute approximate surface area is 246 Å². The van der Waals surface area contributed by atoms with Crippen molar-refractivity contribution in [2.24, 2.45) is 0 Å². The molecule has 1 N–H and O–H groups in total. The number of rotatable bonds is 7. The Kier molecular flexibility index (Phi) is 10.7. The zero-order chi connectivity index (χ0) is 28.6. The molecule has 10 nitrogen and oxygen atoms in total. The summed E-state index contributed by atoms with van der Waals surface area (Å²) in [5, 5.41) is 12.0. The highest BCUT2D eigenvalue weighted by molar-refractivity contribution is 6.31. The summed E-state index contributed by atoms with van der Waals surface area (Å²) in [4.78, 5) is 26.7. The molecule has 2 fully saturated rings. The number of nitrogens with one attached hydrogen (secondary N) is 1. The van der Waals surface area contributed by atoms with E-state index < -0.39 is 0 Å². The largest absolute Gasteiger partial charge is 0.402 e. The van der Waals surface area contributed by atoms with E-state index in [-0.39, 0.29) is 0 Å². The maximum Gasteiger partial charge on any atom is 0.315 e. The second kappa shape index (κ2) is 14.2. The Hall–Kier alpha value is -2.79. The maximum atomic E-state index is 10.1. The average Bonchev–Trinajstić information content (AvgIpc) is 3.43. The summed E-state index contributed by atoms with van der Waals surface area (Å²) in [6, 6.07) is 8.55. The van der Waals surface area contributed by atoms with Gasteiger partial charge in [-0.2, -0.15) is 0 Å². The van der Waals surface area contributed by atoms with Crippen molar-refractivity contribution in [2.45, 2.75) is 58.2 Å². The number of hydrogen-bond donors (Lipinski definition) is 1. The van der Waals surface area contributed by atoms with E-state index in [1.165, 1.54) is 25.9 Å². The Morgan fingerprint density at radius 2 is 1.82 bits per heavy atom. The minimum absolute atomic E-state index is 0.309. The van der Waals surface area contributed by atoms with Gasteiger partial charge in [-0.1, -0.05) is 47.4 Å². The summed E-state index contributed by atoms with van der Waals surface area (Å²) in [5.74, 6) is 1.04. The number of anilines is 2. The quantitative estimate of drug-likeness (QED) is 0.373. The molecule has 0 radical (unpaired) electrons. The van der Waals surface area contributed by atoms with Gasteiger partial charge >= 0.3 is 6.01 Å². The highest BCUT2D eigenvalue weighted by Gasteiger charge is 2.37. The number of hydrogen-bond acceptors (Lipinski definition) is 10. The lowest BCUT2D eigenvalue weighted by atomic mass is 9.96. The molecule has 1 unspecified atom stereocenters. The molecule has 0 spiro atoms. The van der Waals surface area contributed by atoms with Gasteiger partial charge in [-0.05, 0) is 65.4 Å². The van der Waals surface area contributed by atoms with Crippen molar-refractivity contribution in [3.05, 3.63) is 46.2 Å². The molecule has 12 heteroatoms. The zero-order valence-corrected chi connectivity index (χ0v) is 25.1. The SMILES string of the molecule is CCNc1nnc(-c2cnc(N3CC(CC)N(C4CCN(C)CC4)C[C@H]3C)c(Cl)n2)o1.O=Cc1ccc(Cl)cc1. The van der Waals surface area contributed by atoms with E-state index in [0.29, 0.717) is 58.0 Å². The second-order valence-corrected chi connectivity index (χ2v) is 11.1. The fourth-order valence-corrected chi connectivity index (χ4v) is 5.62. The molecule has 2 aliphatic rings. The van der Waals surface area contributed by atoms with Crippen LogP contribution in [-0.2, 0) is 0 Å². The summed E-state index contributed by atoms with van der Waals surface area (Å²) in [5.41, 5.74) is 1.13. The molecule has 40 heavy (non-hydrogen) atoms. The van der Waals surface area contributed by atoms with Crippen LogP contribution in [-0.4, -0.2) is 94.1 Å². The van der Waals surface area contributed by atoms with E-state index in [2.05, 4.69) is 61.1 Å². The smallest absolute Gasteiger partial charge is 0.315 e. The fraction of sp³-hybridized carbons (Fsp3) is 0.536. The molecule has 3 aromatic rings. The summed E-state index contributed by atoms with van der Waals surface area (Å²) in [7, 11) is 2.22. The second-order valence-electron chi connectivity index (χ2n) is 10.3. The summed E-state index contributed by atoms with van der Waals surface area (Å²) in [6.45, 7) is 11.5. The van der Waals surface area contributed by atoms with Crippen molar-refractivity contribution < 1.29 is 9.21 Å². The van der Waals surface area contributed by atoms with Crippen LogP contribution in [0.2, 0.25) is 10.2 Å². The molecule has 4 heterocycles. The predicted molar refractivity (Wildman–Crippen MR) is 159 cm³/mol. The minimum atomic E-state index is 0.309. The Balaban J connectivity index is 0.000000350. The monoisotopic (exact) mass is 588 g/mol. The van der Waals surface area contributed by atoms with Crippen LogP contribution >= 0.6 is 23.2 Å². The van der Waals surface area contributed by atoms with Gasteiger partial charge in [0.2, 0.25) is 0 Å². The zero-order valence-electron chi connectivity index (χ0n) is 23.6. The third kappa shape index (κ3) is 7.48. The molecule has 2 saturated heterocycles. The van der Waals surface area contributed by atoms with Crippen molar-refractivity contribution in [2.75, 3.05) is 50.0 Å². The van der Waals surface area contributed by atoms with Crippen LogP contribution in [0.4, 0.5) is 11.8 Å². The van der Waals surface area contributed by atoms with Crippen LogP contribution in [0.25, 0.3) is 11.6 Å². The first-order valence-electron chi connectivity index (χ1n) is 13.8. The number of piperazine rings is 1. The van der Waals surface area contributed by atoms with Crippen LogP contribution in [0.5, 0.6) is 0 Å². The first-order valence-corrected chi connectivity index (χ1v) is 14.6. The molecular weight excluding hydrogens is 551 g/mol. The Morgan fingerprint density at radius 3 is 2.45 bits per heavy atom. The summed E-state index contributed by atoms with van der Waals surface area (Å²) < 4.78 is 5.58. The van der Waals surface area contributed by atoms with Crippen LogP contribution in [0, 0.1) is 0 Å². The topological polar surface area (TPSA) is 104 Å². The molecule has 2 aliphatic heterocycles. The highest BCUT2D eigenvalue weighted by atomic mass is 35.5. The van der Waals surface area contributed by atoms with Crippen molar-refractivity contribution >= 4 is 41.3 Å². The molecule has 0 bridgehead atoms. The summed E-state index contributed by atoms with van der Waals surface area (Å²) >= 11 is 12.2. The molecule has 0 amide bonds. The van der Waals surface area contributed by atoms with Gasteiger partial charge in [0.1, 0.15) is 12.0 Å². The van der Waals surface area contributed by atoms with E-state index in [1.807, 2.05) is 6.92 Å². The highest BCUT2D eigenvalue weighted by Crippen LogP contribution is 2.32. The third-order valence-electron chi connectivity index (χ3n) is 7.47. The van der Waals surface area contributed by atoms with Gasteiger partial charge < -0.3 is 19.5 Å². The lowest BCUT2D eigenvalue weighted by molar-refractivity contribution is 0.0584. The van der Waals surface area contributed by atoms with E-state index in [4.69, 9.17) is 27.6 Å². The predicted octanol–water partition coefficient (Wildman–Crippen LogP) is 5.15. The van der Waals surface area contributed by atoms with E-state index in [0.717, 1.165) is 31.6 Å². The molecule has 0 aliphatic carbocycles. The number of nitrogens with zero attached hydrogens (tertiary/aromatic N) is 7. The van der Waals surface area contributed by atoms with Crippen LogP contribution in [0.15, 0.2) is 34.9 Å². The molecule has 1 aromatic carbocycles. The van der Waals surface area contributed by atoms with Crippen molar-refractivity contribution in [3.63, 3.8) is 0 Å². The van der Waals surface area contributed by atoms with E-state index >= 15 is 0 Å². The first kappa shape index (κ1) is 30.2. The standard InChI is InChI=1S/C21H33ClN8O.C7H5ClO/c1-5-15-13-29(14(3)12-30(15)16-7-9-28(4)10-8-16)19-18(22)25-17(11-24-19)20-26-27-21(31-20)23-6-2;8-7-3-1-6(5-9)2-4-7/h11,14-16H,5-10,12-13H2,1-4H3,(H,23,27);1-5H/t14-,15?;/m1./s1. The number of carbonyl (C=O) groups excluding carboxylic acids is 1. The number of likely N-dealkylation sites (tertiary alicyclic amines) is 1. The summed E-state index contributed by atoms with van der Waals surface area (Å²) in [6.07, 6.45) is 6.05. The van der Waals surface area contributed by atoms with Crippen molar-refractivity contribution in [1.29, 1.82) is 0 Å². The Morgan fingerprint density at radius 1 is 1.10 bits per heavy atom. The van der Waals surface area contributed by atoms with E-state index in [1.54, 1.807) is 30.5 Å². The fourth-order valence-electron chi connectivity index (χ4n) is 5.24. The number of benzene rings is 1. The molecule has 5 rings (SSSR count). The van der Waals surface area contributed by atoms with Crippen LogP contribution < -0.4 is 10.2 Å². The van der Waals surface area contributed by atoms with E-state index in [9.17, 15) is 4.79 Å². The number of halogens is 2. The molecule has 216 valence electrons. The van der Waals surface area contributed by atoms with Gasteiger partial charge in [-0.25, -0.2) is 9.97 Å². The van der Waals surface area contributed by atoms with Crippen LogP contribution in [0.1, 0.15) is 50.4 Å². The number of piperidine rings is 1. The van der Waals surface area contributed by atoms with Crippen molar-refractivity contribution in [3.8, 4) is 11.6 Å². The maximum absolute atomic E-state index is 10.1. The lowest BCUT2D eigenvalue weighted by Gasteiger charge is -2.50. The van der Waals surface area contributed by atoms with Gasteiger partial charge in [0.25, 0.3) is 5.89 Å². The molecule has 2 aromatic heterocycles. The molecule has 0 saturated carbocycles. The molecule has 2 atom stereocenters. The Bertz CT molecular complexity index is 1230. The van der Waals surface area contributed by atoms with Gasteiger partial charge in [-0.3, -0.25) is 9.69 Å². The van der Waals surface area contributed by atoms with Gasteiger partial charge in [0.15, 0.2) is 11.0 Å². The third-order valence-corrected chi connectivity index (χ3v) is 7.98. The first-order chi connectivity index (χ1) is 19.3. The van der Waals surface area contributed by atoms with Crippen LogP contribution in [0.3, 0.4) is 0 Å². The average molecular weight is 590 g/mol.